The zero-order chi connectivity index (χ0) is 23.2. The fourth-order valence-corrected chi connectivity index (χ4v) is 6.18. The van der Waals surface area contributed by atoms with Crippen LogP contribution >= 0.6 is 12.6 Å². The lowest BCUT2D eigenvalue weighted by Crippen LogP contribution is -1.94. The highest BCUT2D eigenvalue weighted by Gasteiger charge is 2.15. The first-order chi connectivity index (χ1) is 16.9. The zero-order valence-electron chi connectivity index (χ0n) is 20.5. The van der Waals surface area contributed by atoms with Crippen LogP contribution < -0.4 is 0 Å². The lowest BCUT2D eigenvalue weighted by Gasteiger charge is -2.17. The average molecular weight is 467 g/mol. The molecule has 0 atom stereocenters. The lowest BCUT2D eigenvalue weighted by molar-refractivity contribution is 0.550. The number of unbranched alkanes of at least 4 members (excludes halogenated alkanes) is 10. The van der Waals surface area contributed by atoms with Crippen molar-refractivity contribution in [3.05, 3.63) is 72.3 Å². The smallest absolute Gasteiger partial charge is 0.00176 e. The molecule has 34 heavy (non-hydrogen) atoms. The molecular weight excluding hydrogens is 428 g/mol. The molecule has 0 aliphatic carbocycles. The van der Waals surface area contributed by atoms with Crippen molar-refractivity contribution in [3.63, 3.8) is 0 Å². The Hall–Kier alpha value is -2.25. The van der Waals surface area contributed by atoms with Crippen LogP contribution in [0.1, 0.15) is 76.2 Å². The maximum atomic E-state index is 4.30. The number of hydrogen-bond donors (Lipinski definition) is 1. The molecule has 176 valence electrons. The molecule has 5 aromatic carbocycles. The van der Waals surface area contributed by atoms with Gasteiger partial charge in [0.2, 0.25) is 0 Å². The van der Waals surface area contributed by atoms with E-state index in [1.165, 1.54) is 120 Å². The molecule has 0 nitrogen and oxygen atoms in total. The predicted octanol–water partition coefficient (Wildman–Crippen LogP) is 10.5. The standard InChI is InChI=1S/C33H38S/c34-24-13-9-7-5-3-1-2-4-6-8-10-17-28-27-18-11-12-19-29(27)31-23-21-26-16-14-15-25-20-22-30(28)33(31)32(25)26/h11-12,14-16,18-23,34H,1-10,13,17,24H2. The molecule has 0 saturated heterocycles. The number of benzene rings is 5. The first kappa shape index (κ1) is 23.5. The average Bonchev–Trinajstić information content (AvgIpc) is 2.88. The summed E-state index contributed by atoms with van der Waals surface area (Å²) in [5.74, 6) is 1.05. The van der Waals surface area contributed by atoms with Gasteiger partial charge in [0.1, 0.15) is 0 Å². The van der Waals surface area contributed by atoms with Crippen molar-refractivity contribution < 1.29 is 0 Å². The molecule has 0 aliphatic heterocycles. The van der Waals surface area contributed by atoms with Crippen LogP contribution in [0.15, 0.2) is 66.7 Å². The second-order valence-corrected chi connectivity index (χ2v) is 10.5. The summed E-state index contributed by atoms with van der Waals surface area (Å²) in [7, 11) is 0. The second kappa shape index (κ2) is 11.5. The molecule has 0 bridgehead atoms. The molecule has 5 aromatic rings. The maximum absolute atomic E-state index is 4.30. The SMILES string of the molecule is SCCCCCCCCCCCCCc1c2ccccc2c2ccc3cccc4ccc1c2c43. The van der Waals surface area contributed by atoms with Crippen molar-refractivity contribution in [2.45, 2.75) is 77.0 Å². The summed E-state index contributed by atoms with van der Waals surface area (Å²) in [5.41, 5.74) is 1.56. The van der Waals surface area contributed by atoms with Gasteiger partial charge in [0, 0.05) is 0 Å². The minimum atomic E-state index is 1.05. The van der Waals surface area contributed by atoms with Crippen LogP contribution in [0.3, 0.4) is 0 Å². The van der Waals surface area contributed by atoms with E-state index in [4.69, 9.17) is 0 Å². The number of rotatable bonds is 13. The van der Waals surface area contributed by atoms with Crippen molar-refractivity contribution in [3.8, 4) is 0 Å². The largest absolute Gasteiger partial charge is 0.179 e. The normalized spacial score (nSPS) is 12.0. The van der Waals surface area contributed by atoms with Crippen molar-refractivity contribution in [2.24, 2.45) is 0 Å². The van der Waals surface area contributed by atoms with Crippen molar-refractivity contribution in [2.75, 3.05) is 5.75 Å². The highest BCUT2D eigenvalue weighted by Crippen LogP contribution is 2.41. The molecule has 0 amide bonds. The third kappa shape index (κ3) is 4.91. The topological polar surface area (TPSA) is 0 Å². The van der Waals surface area contributed by atoms with E-state index < -0.39 is 0 Å². The van der Waals surface area contributed by atoms with Crippen molar-refractivity contribution in [1.29, 1.82) is 0 Å². The fourth-order valence-electron chi connectivity index (χ4n) is 5.96. The highest BCUT2D eigenvalue weighted by molar-refractivity contribution is 7.80. The zero-order valence-corrected chi connectivity index (χ0v) is 21.4. The lowest BCUT2D eigenvalue weighted by atomic mass is 9.86. The molecule has 0 saturated carbocycles. The quantitative estimate of drug-likeness (QED) is 0.0758. The van der Waals surface area contributed by atoms with Crippen LogP contribution in [0.5, 0.6) is 0 Å². The molecule has 0 heterocycles. The van der Waals surface area contributed by atoms with Gasteiger partial charge in [-0.1, -0.05) is 125 Å². The molecule has 0 unspecified atom stereocenters. The summed E-state index contributed by atoms with van der Waals surface area (Å²) in [6.07, 6.45) is 16.3. The monoisotopic (exact) mass is 466 g/mol. The first-order valence-electron chi connectivity index (χ1n) is 13.6. The van der Waals surface area contributed by atoms with E-state index in [-0.39, 0.29) is 0 Å². The number of fused-ring (bicyclic) bond motifs is 2. The van der Waals surface area contributed by atoms with E-state index in [1.54, 1.807) is 5.56 Å². The predicted molar refractivity (Wildman–Crippen MR) is 156 cm³/mol. The van der Waals surface area contributed by atoms with Crippen LogP contribution in [-0.2, 0) is 6.42 Å². The van der Waals surface area contributed by atoms with Gasteiger partial charge in [-0.2, -0.15) is 12.6 Å². The number of aryl methyl sites for hydroxylation is 1. The van der Waals surface area contributed by atoms with Crippen molar-refractivity contribution >= 4 is 55.7 Å². The number of hydrogen-bond acceptors (Lipinski definition) is 1. The Bertz CT molecular complexity index is 1330. The Morgan fingerprint density at radius 1 is 0.412 bits per heavy atom. The Kier molecular flexibility index (Phi) is 7.91. The third-order valence-electron chi connectivity index (χ3n) is 7.73. The molecule has 0 fully saturated rings. The van der Waals surface area contributed by atoms with Gasteiger partial charge >= 0.3 is 0 Å². The van der Waals surface area contributed by atoms with Crippen LogP contribution in [0.25, 0.3) is 43.1 Å². The summed E-state index contributed by atoms with van der Waals surface area (Å²) in [4.78, 5) is 0. The molecular formula is C33H38S. The van der Waals surface area contributed by atoms with E-state index in [2.05, 4.69) is 79.4 Å². The van der Waals surface area contributed by atoms with E-state index in [0.29, 0.717) is 0 Å². The fraction of sp³-hybridized carbons (Fsp3) is 0.394. The minimum absolute atomic E-state index is 1.05. The summed E-state index contributed by atoms with van der Waals surface area (Å²) >= 11 is 4.30. The second-order valence-electron chi connectivity index (χ2n) is 10.1. The molecule has 0 spiro atoms. The van der Waals surface area contributed by atoms with Gasteiger partial charge in [0.15, 0.2) is 0 Å². The molecule has 0 N–H and O–H groups in total. The Morgan fingerprint density at radius 3 is 1.62 bits per heavy atom. The Morgan fingerprint density at radius 2 is 0.971 bits per heavy atom. The molecule has 1 heteroatoms. The molecule has 5 rings (SSSR count). The first-order valence-corrected chi connectivity index (χ1v) is 14.2. The summed E-state index contributed by atoms with van der Waals surface area (Å²) < 4.78 is 0. The van der Waals surface area contributed by atoms with Gasteiger partial charge in [-0.15, -0.1) is 0 Å². The maximum Gasteiger partial charge on any atom is -0.00176 e. The van der Waals surface area contributed by atoms with Gasteiger partial charge in [0.05, 0.1) is 0 Å². The summed E-state index contributed by atoms with van der Waals surface area (Å²) in [5, 5.41) is 11.4. The minimum Gasteiger partial charge on any atom is -0.179 e. The van der Waals surface area contributed by atoms with Gasteiger partial charge in [0.25, 0.3) is 0 Å². The summed E-state index contributed by atoms with van der Waals surface area (Å²) in [6.45, 7) is 0. The Balaban J connectivity index is 1.26. The van der Waals surface area contributed by atoms with Gasteiger partial charge in [-0.25, -0.2) is 0 Å². The highest BCUT2D eigenvalue weighted by atomic mass is 32.1. The van der Waals surface area contributed by atoms with E-state index in [0.717, 1.165) is 5.75 Å². The van der Waals surface area contributed by atoms with Crippen LogP contribution in [0.2, 0.25) is 0 Å². The summed E-state index contributed by atoms with van der Waals surface area (Å²) in [6, 6.07) is 25.2. The molecule has 0 aromatic heterocycles. The third-order valence-corrected chi connectivity index (χ3v) is 8.05. The molecule has 0 radical (unpaired) electrons. The molecule has 0 aliphatic rings. The number of thiol groups is 1. The van der Waals surface area contributed by atoms with Gasteiger partial charge < -0.3 is 0 Å². The van der Waals surface area contributed by atoms with Crippen molar-refractivity contribution in [1.82, 2.24) is 0 Å². The van der Waals surface area contributed by atoms with E-state index >= 15 is 0 Å². The van der Waals surface area contributed by atoms with Gasteiger partial charge in [-0.05, 0) is 73.7 Å². The van der Waals surface area contributed by atoms with E-state index in [1.807, 2.05) is 0 Å². The van der Waals surface area contributed by atoms with Crippen LogP contribution in [-0.4, -0.2) is 5.75 Å². The van der Waals surface area contributed by atoms with E-state index in [9.17, 15) is 0 Å². The van der Waals surface area contributed by atoms with Crippen LogP contribution in [0, 0.1) is 0 Å². The Labute approximate surface area is 210 Å². The van der Waals surface area contributed by atoms with Gasteiger partial charge in [-0.3, -0.25) is 0 Å². The van der Waals surface area contributed by atoms with Crippen LogP contribution in [0.4, 0.5) is 0 Å².